The number of ether oxygens (including phenoxy) is 1. The highest BCUT2D eigenvalue weighted by Crippen LogP contribution is 2.33. The van der Waals surface area contributed by atoms with Crippen LogP contribution in [-0.4, -0.2) is 40.3 Å². The second kappa shape index (κ2) is 10.5. The number of hydrogen-bond acceptors (Lipinski definition) is 6. The number of aromatic carboxylic acids is 1. The molecule has 0 bridgehead atoms. The first kappa shape index (κ1) is 24.1. The minimum absolute atomic E-state index is 0.106. The van der Waals surface area contributed by atoms with E-state index in [2.05, 4.69) is 9.97 Å². The van der Waals surface area contributed by atoms with Crippen LogP contribution in [0.2, 0.25) is 5.02 Å². The normalized spacial score (nSPS) is 16.8. The number of hydrogen-bond donors (Lipinski definition) is 1. The van der Waals surface area contributed by atoms with E-state index < -0.39 is 22.0 Å². The molecular formula is C24H24ClN3O5S. The summed E-state index contributed by atoms with van der Waals surface area (Å²) in [6, 6.07) is 15.3. The SMILES string of the molecule is O=C(O)c1cnc([C@@H]2CCCCN2S(=O)(=O)Cc2ccccc2)nc1COc1ccccc1Cl. The van der Waals surface area contributed by atoms with E-state index in [-0.39, 0.29) is 29.4 Å². The number of carboxylic acids is 1. The maximum atomic E-state index is 13.3. The minimum Gasteiger partial charge on any atom is -0.486 e. The smallest absolute Gasteiger partial charge is 0.339 e. The van der Waals surface area contributed by atoms with Gasteiger partial charge in [0.05, 0.1) is 22.5 Å². The zero-order chi connectivity index (χ0) is 24.1. The molecule has 1 N–H and O–H groups in total. The first-order chi connectivity index (χ1) is 16.3. The number of carboxylic acid groups (broad SMARTS) is 1. The Kier molecular flexibility index (Phi) is 7.45. The molecule has 0 radical (unpaired) electrons. The Bertz CT molecular complexity index is 1270. The number of rotatable bonds is 8. The number of aromatic nitrogens is 2. The van der Waals surface area contributed by atoms with Gasteiger partial charge in [-0.05, 0) is 30.5 Å². The molecule has 0 saturated carbocycles. The Morgan fingerprint density at radius 1 is 1.12 bits per heavy atom. The molecule has 0 amide bonds. The molecular weight excluding hydrogens is 478 g/mol. The highest BCUT2D eigenvalue weighted by molar-refractivity contribution is 7.88. The van der Waals surface area contributed by atoms with E-state index in [9.17, 15) is 18.3 Å². The number of piperidine rings is 1. The summed E-state index contributed by atoms with van der Waals surface area (Å²) < 4.78 is 33.7. The molecule has 1 aliphatic heterocycles. The predicted octanol–water partition coefficient (Wildman–Crippen LogP) is 4.46. The largest absolute Gasteiger partial charge is 0.486 e. The van der Waals surface area contributed by atoms with Crippen LogP contribution in [0.15, 0.2) is 60.8 Å². The van der Waals surface area contributed by atoms with Gasteiger partial charge in [0.25, 0.3) is 0 Å². The van der Waals surface area contributed by atoms with Crippen molar-refractivity contribution in [2.45, 2.75) is 37.7 Å². The number of benzene rings is 2. The van der Waals surface area contributed by atoms with Crippen LogP contribution in [0.1, 0.15) is 52.7 Å². The van der Waals surface area contributed by atoms with Gasteiger partial charge in [0.2, 0.25) is 10.0 Å². The molecule has 8 nitrogen and oxygen atoms in total. The van der Waals surface area contributed by atoms with E-state index in [1.807, 2.05) is 6.07 Å². The van der Waals surface area contributed by atoms with Gasteiger partial charge in [0, 0.05) is 12.7 Å². The molecule has 0 aliphatic carbocycles. The van der Waals surface area contributed by atoms with Crippen LogP contribution in [0, 0.1) is 0 Å². The Morgan fingerprint density at radius 2 is 1.85 bits per heavy atom. The molecule has 3 aromatic rings. The van der Waals surface area contributed by atoms with Crippen molar-refractivity contribution >= 4 is 27.6 Å². The maximum absolute atomic E-state index is 13.3. The monoisotopic (exact) mass is 501 g/mol. The molecule has 1 fully saturated rings. The van der Waals surface area contributed by atoms with Gasteiger partial charge < -0.3 is 9.84 Å². The fraction of sp³-hybridized carbons (Fsp3) is 0.292. The molecule has 10 heteroatoms. The Balaban J connectivity index is 1.63. The molecule has 0 spiro atoms. The summed E-state index contributed by atoms with van der Waals surface area (Å²) in [5.74, 6) is -0.661. The summed E-state index contributed by atoms with van der Waals surface area (Å²) in [5, 5.41) is 9.98. The molecule has 178 valence electrons. The number of para-hydroxylation sites is 1. The van der Waals surface area contributed by atoms with Crippen molar-refractivity contribution in [2.24, 2.45) is 0 Å². The number of nitrogens with zero attached hydrogens (tertiary/aromatic N) is 3. The summed E-state index contributed by atoms with van der Waals surface area (Å²) >= 11 is 6.13. The molecule has 4 rings (SSSR count). The molecule has 2 aromatic carbocycles. The van der Waals surface area contributed by atoms with E-state index in [1.165, 1.54) is 10.5 Å². The lowest BCUT2D eigenvalue weighted by Gasteiger charge is -2.34. The Labute approximate surface area is 203 Å². The number of carbonyl (C=O) groups is 1. The topological polar surface area (TPSA) is 110 Å². The van der Waals surface area contributed by atoms with Gasteiger partial charge in [-0.2, -0.15) is 4.31 Å². The predicted molar refractivity (Wildman–Crippen MR) is 127 cm³/mol. The van der Waals surface area contributed by atoms with Crippen LogP contribution in [0.3, 0.4) is 0 Å². The zero-order valence-electron chi connectivity index (χ0n) is 18.3. The van der Waals surface area contributed by atoms with Gasteiger partial charge >= 0.3 is 5.97 Å². The second-order valence-electron chi connectivity index (χ2n) is 7.98. The zero-order valence-corrected chi connectivity index (χ0v) is 19.9. The van der Waals surface area contributed by atoms with Crippen molar-refractivity contribution < 1.29 is 23.1 Å². The van der Waals surface area contributed by atoms with Crippen molar-refractivity contribution in [1.29, 1.82) is 0 Å². The lowest BCUT2D eigenvalue weighted by molar-refractivity contribution is 0.0692. The summed E-state index contributed by atoms with van der Waals surface area (Å²) in [5.41, 5.74) is 0.747. The summed E-state index contributed by atoms with van der Waals surface area (Å²) in [6.45, 7) is 0.208. The van der Waals surface area contributed by atoms with Crippen molar-refractivity contribution in [2.75, 3.05) is 6.54 Å². The summed E-state index contributed by atoms with van der Waals surface area (Å²) in [6.07, 6.45) is 3.32. The van der Waals surface area contributed by atoms with Crippen molar-refractivity contribution in [1.82, 2.24) is 14.3 Å². The van der Waals surface area contributed by atoms with Gasteiger partial charge in [-0.15, -0.1) is 0 Å². The average Bonchev–Trinajstić information content (AvgIpc) is 2.83. The van der Waals surface area contributed by atoms with Crippen molar-refractivity contribution in [3.63, 3.8) is 0 Å². The molecule has 1 aromatic heterocycles. The average molecular weight is 502 g/mol. The van der Waals surface area contributed by atoms with Crippen LogP contribution < -0.4 is 4.74 Å². The number of sulfonamides is 1. The quantitative estimate of drug-likeness (QED) is 0.485. The molecule has 0 unspecified atom stereocenters. The van der Waals surface area contributed by atoms with E-state index in [0.717, 1.165) is 12.8 Å². The van der Waals surface area contributed by atoms with Crippen LogP contribution in [-0.2, 0) is 22.4 Å². The molecule has 1 saturated heterocycles. The van der Waals surface area contributed by atoms with Gasteiger partial charge in [0.1, 0.15) is 23.7 Å². The molecule has 2 heterocycles. The lowest BCUT2D eigenvalue weighted by Crippen LogP contribution is -2.40. The Hall–Kier alpha value is -3.01. The fourth-order valence-electron chi connectivity index (χ4n) is 3.95. The highest BCUT2D eigenvalue weighted by Gasteiger charge is 2.35. The minimum atomic E-state index is -3.65. The van der Waals surface area contributed by atoms with E-state index in [0.29, 0.717) is 29.3 Å². The van der Waals surface area contributed by atoms with Crippen LogP contribution >= 0.6 is 11.6 Å². The van der Waals surface area contributed by atoms with Gasteiger partial charge in [0.15, 0.2) is 0 Å². The Morgan fingerprint density at radius 3 is 2.59 bits per heavy atom. The maximum Gasteiger partial charge on any atom is 0.339 e. The standard InChI is InChI=1S/C24H24ClN3O5S/c25-19-10-4-5-12-22(19)33-15-20-18(24(29)30)14-26-23(27-20)21-11-6-7-13-28(21)34(31,32)16-17-8-2-1-3-9-17/h1-5,8-10,12,14,21H,6-7,11,13,15-16H2,(H,29,30)/t21-/m0/s1. The van der Waals surface area contributed by atoms with E-state index in [4.69, 9.17) is 16.3 Å². The highest BCUT2D eigenvalue weighted by atomic mass is 35.5. The van der Waals surface area contributed by atoms with Crippen molar-refractivity contribution in [3.8, 4) is 5.75 Å². The van der Waals surface area contributed by atoms with Crippen molar-refractivity contribution in [3.05, 3.63) is 88.5 Å². The third kappa shape index (κ3) is 5.55. The van der Waals surface area contributed by atoms with Crippen LogP contribution in [0.25, 0.3) is 0 Å². The van der Waals surface area contributed by atoms with Crippen LogP contribution in [0.4, 0.5) is 0 Å². The van der Waals surface area contributed by atoms with Gasteiger partial charge in [-0.25, -0.2) is 23.2 Å². The fourth-order valence-corrected chi connectivity index (χ4v) is 5.92. The third-order valence-corrected chi connectivity index (χ3v) is 7.78. The molecule has 1 aliphatic rings. The summed E-state index contributed by atoms with van der Waals surface area (Å²) in [7, 11) is -3.65. The lowest BCUT2D eigenvalue weighted by atomic mass is 10.0. The number of halogens is 1. The molecule has 1 atom stereocenters. The van der Waals surface area contributed by atoms with Crippen LogP contribution in [0.5, 0.6) is 5.75 Å². The first-order valence-corrected chi connectivity index (χ1v) is 12.8. The summed E-state index contributed by atoms with van der Waals surface area (Å²) in [4.78, 5) is 20.5. The van der Waals surface area contributed by atoms with Gasteiger partial charge in [-0.1, -0.05) is 60.5 Å². The molecule has 34 heavy (non-hydrogen) atoms. The first-order valence-electron chi connectivity index (χ1n) is 10.8. The van der Waals surface area contributed by atoms with E-state index >= 15 is 0 Å². The van der Waals surface area contributed by atoms with E-state index in [1.54, 1.807) is 48.5 Å². The second-order valence-corrected chi connectivity index (χ2v) is 10.3. The van der Waals surface area contributed by atoms with Gasteiger partial charge in [-0.3, -0.25) is 0 Å². The third-order valence-electron chi connectivity index (χ3n) is 5.62.